The number of rotatable bonds is 0. The Kier molecular flexibility index (Phi) is 2.04. The zero-order valence-corrected chi connectivity index (χ0v) is 7.35. The molecular weight excluding hydrogens is 160 g/mol. The molecule has 0 fully saturated rings. The number of allylic oxidation sites excluding steroid dienone is 4. The smallest absolute Gasteiger partial charge is 0.209 e. The van der Waals surface area contributed by atoms with Gasteiger partial charge in [-0.25, -0.2) is 4.24 Å². The van der Waals surface area contributed by atoms with Crippen molar-refractivity contribution < 1.29 is 4.24 Å². The predicted octanol–water partition coefficient (Wildman–Crippen LogP) is 0.676. The minimum absolute atomic E-state index is 0.968. The second-order valence-electron chi connectivity index (χ2n) is 2.95. The van der Waals surface area contributed by atoms with Crippen LogP contribution in [0, 0.1) is 6.72 Å². The number of hydrogen-bond acceptors (Lipinski definition) is 1. The summed E-state index contributed by atoms with van der Waals surface area (Å²) in [5.74, 6) is 0. The number of hydrogen-bond donors (Lipinski definition) is 0. The largest absolute Gasteiger partial charge is 0.290 e. The highest BCUT2D eigenvalue weighted by molar-refractivity contribution is 5.58. The molecule has 0 N–H and O–H groups in total. The molecule has 0 saturated heterocycles. The van der Waals surface area contributed by atoms with E-state index >= 15 is 0 Å². The van der Waals surface area contributed by atoms with E-state index < -0.39 is 0 Å². The molecule has 0 unspecified atom stereocenters. The molecule has 1 heterocycles. The molecule has 13 heavy (non-hydrogen) atoms. The summed E-state index contributed by atoms with van der Waals surface area (Å²) in [6, 6.07) is 1.98. The first-order valence-corrected chi connectivity index (χ1v) is 4.24. The van der Waals surface area contributed by atoms with Crippen LogP contribution in [-0.2, 0) is 0 Å². The van der Waals surface area contributed by atoms with E-state index in [1.807, 2.05) is 12.1 Å². The molecule has 2 rings (SSSR count). The van der Waals surface area contributed by atoms with Crippen LogP contribution in [0.3, 0.4) is 0 Å². The van der Waals surface area contributed by atoms with Gasteiger partial charge in [0, 0.05) is 11.6 Å². The molecule has 0 atom stereocenters. The Balaban J connectivity index is 2.68. The second kappa shape index (κ2) is 3.35. The summed E-state index contributed by atoms with van der Waals surface area (Å²) in [6.07, 6.45) is 12.8. The quantitative estimate of drug-likeness (QED) is 0.525. The Bertz CT molecular complexity index is 469. The predicted molar refractivity (Wildman–Crippen MR) is 51.1 cm³/mol. The van der Waals surface area contributed by atoms with Gasteiger partial charge in [-0.15, -0.1) is 0 Å². The van der Waals surface area contributed by atoms with Crippen molar-refractivity contribution in [3.8, 4) is 0 Å². The lowest BCUT2D eigenvalue weighted by Gasteiger charge is -1.98. The highest BCUT2D eigenvalue weighted by atomic mass is 14.9. The highest BCUT2D eigenvalue weighted by Gasteiger charge is 1.99. The van der Waals surface area contributed by atoms with Gasteiger partial charge >= 0.3 is 0 Å². The average molecular weight is 171 g/mol. The third-order valence-corrected chi connectivity index (χ3v) is 2.05. The van der Waals surface area contributed by atoms with Crippen molar-refractivity contribution in [1.82, 2.24) is 4.98 Å². The van der Waals surface area contributed by atoms with Crippen LogP contribution in [0.5, 0.6) is 0 Å². The zero-order chi connectivity index (χ0) is 9.10. The fourth-order valence-corrected chi connectivity index (χ4v) is 1.39. The molecule has 0 aliphatic heterocycles. The first-order chi connectivity index (χ1) is 6.38. The molecule has 2 heteroatoms. The van der Waals surface area contributed by atoms with Crippen molar-refractivity contribution >= 4 is 5.57 Å². The van der Waals surface area contributed by atoms with E-state index in [-0.39, 0.29) is 0 Å². The summed E-state index contributed by atoms with van der Waals surface area (Å²) in [5.41, 5.74) is 1.28. The number of nitrogens with zero attached hydrogens (tertiary/aromatic N) is 2. The van der Waals surface area contributed by atoms with E-state index in [0.29, 0.717) is 0 Å². The van der Waals surface area contributed by atoms with E-state index in [2.05, 4.69) is 29.9 Å². The van der Waals surface area contributed by atoms with Gasteiger partial charge in [-0.1, -0.05) is 29.3 Å². The lowest BCUT2D eigenvalue weighted by molar-refractivity contribution is -0.518. The molecule has 0 amide bonds. The maximum Gasteiger partial charge on any atom is 0.290 e. The van der Waals surface area contributed by atoms with Crippen molar-refractivity contribution in [2.24, 2.45) is 0 Å². The topological polar surface area (TPSA) is 18.8 Å². The Labute approximate surface area is 76.9 Å². The van der Waals surface area contributed by atoms with Gasteiger partial charge < -0.3 is 0 Å². The Morgan fingerprint density at radius 3 is 3.00 bits per heavy atom. The third-order valence-electron chi connectivity index (χ3n) is 2.05. The molecule has 1 aromatic rings. The molecule has 0 spiro atoms. The molecule has 0 saturated carbocycles. The molecule has 0 radical (unpaired) electrons. The SMILES string of the molecule is C=[n+]1cncc/c1=C1/C=CC=CC1. The van der Waals surface area contributed by atoms with Crippen molar-refractivity contribution in [2.75, 3.05) is 0 Å². The zero-order valence-electron chi connectivity index (χ0n) is 7.35. The lowest BCUT2D eigenvalue weighted by atomic mass is 10.1. The fraction of sp³-hybridized carbons (Fsp3) is 0.0909. The van der Waals surface area contributed by atoms with Crippen LogP contribution in [0.4, 0.5) is 0 Å². The maximum absolute atomic E-state index is 3.98. The highest BCUT2D eigenvalue weighted by Crippen LogP contribution is 2.07. The van der Waals surface area contributed by atoms with Crippen LogP contribution < -0.4 is 9.59 Å². The van der Waals surface area contributed by atoms with Crippen LogP contribution >= 0.6 is 0 Å². The van der Waals surface area contributed by atoms with Gasteiger partial charge in [0.25, 0.3) is 6.33 Å². The summed E-state index contributed by atoms with van der Waals surface area (Å²) in [7, 11) is 0. The Morgan fingerprint density at radius 2 is 2.31 bits per heavy atom. The van der Waals surface area contributed by atoms with Crippen molar-refractivity contribution in [1.29, 1.82) is 0 Å². The number of aromatic nitrogens is 2. The van der Waals surface area contributed by atoms with Crippen LogP contribution in [0.1, 0.15) is 6.42 Å². The Hall–Kier alpha value is -1.70. The van der Waals surface area contributed by atoms with Crippen LogP contribution in [0.2, 0.25) is 0 Å². The van der Waals surface area contributed by atoms with Gasteiger partial charge in [0.15, 0.2) is 0 Å². The van der Waals surface area contributed by atoms with Crippen LogP contribution in [-0.4, -0.2) is 4.98 Å². The van der Waals surface area contributed by atoms with Gasteiger partial charge in [-0.05, 0) is 6.42 Å². The van der Waals surface area contributed by atoms with Crippen molar-refractivity contribution in [3.05, 3.63) is 55.0 Å². The van der Waals surface area contributed by atoms with E-state index in [9.17, 15) is 0 Å². The van der Waals surface area contributed by atoms with E-state index in [1.54, 1.807) is 16.8 Å². The summed E-state index contributed by atoms with van der Waals surface area (Å²) in [5, 5.41) is 1.12. The standard InChI is InChI=1S/C11H11N2/c1-13-9-12-8-7-11(13)10-5-3-2-4-6-10/h2-5,7-9H,1,6H2/q+1/b11-10+. The van der Waals surface area contributed by atoms with E-state index in [4.69, 9.17) is 0 Å². The molecule has 2 nitrogen and oxygen atoms in total. The van der Waals surface area contributed by atoms with Gasteiger partial charge in [0.05, 0.1) is 6.72 Å². The van der Waals surface area contributed by atoms with Crippen LogP contribution in [0.15, 0.2) is 42.9 Å². The second-order valence-corrected chi connectivity index (χ2v) is 2.95. The molecule has 0 bridgehead atoms. The van der Waals surface area contributed by atoms with E-state index in [1.165, 1.54) is 5.57 Å². The van der Waals surface area contributed by atoms with Crippen molar-refractivity contribution in [3.63, 3.8) is 0 Å². The first kappa shape index (κ1) is 7.92. The van der Waals surface area contributed by atoms with Crippen molar-refractivity contribution in [2.45, 2.75) is 6.42 Å². The fourth-order valence-electron chi connectivity index (χ4n) is 1.39. The van der Waals surface area contributed by atoms with Gasteiger partial charge in [-0.2, -0.15) is 0 Å². The van der Waals surface area contributed by atoms with Gasteiger partial charge in [0.1, 0.15) is 11.5 Å². The molecule has 1 aromatic heterocycles. The molecular formula is C11H11N2+. The normalized spacial score (nSPS) is 19.1. The average Bonchev–Trinajstić information content (AvgIpc) is 2.20. The van der Waals surface area contributed by atoms with E-state index in [0.717, 1.165) is 11.8 Å². The molecule has 1 aliphatic carbocycles. The molecule has 1 aliphatic rings. The molecule has 0 aromatic carbocycles. The van der Waals surface area contributed by atoms with Gasteiger partial charge in [-0.3, -0.25) is 0 Å². The van der Waals surface area contributed by atoms with Crippen LogP contribution in [0.25, 0.3) is 5.57 Å². The molecule has 64 valence electrons. The summed E-state index contributed by atoms with van der Waals surface area (Å²) < 4.78 is 1.79. The van der Waals surface area contributed by atoms with Gasteiger partial charge in [0.2, 0.25) is 0 Å². The summed E-state index contributed by atoms with van der Waals surface area (Å²) >= 11 is 0. The lowest BCUT2D eigenvalue weighted by Crippen LogP contribution is -2.36. The minimum atomic E-state index is 0.968. The summed E-state index contributed by atoms with van der Waals surface area (Å²) in [6.45, 7) is 3.87. The maximum atomic E-state index is 3.98. The Morgan fingerprint density at radius 1 is 1.38 bits per heavy atom. The minimum Gasteiger partial charge on any atom is -0.209 e. The summed E-state index contributed by atoms with van der Waals surface area (Å²) in [4.78, 5) is 3.98. The first-order valence-electron chi connectivity index (χ1n) is 4.24. The monoisotopic (exact) mass is 171 g/mol. The third kappa shape index (κ3) is 1.56.